The number of hydrogen-bond donors (Lipinski definition) is 1. The zero-order chi connectivity index (χ0) is 21.7. The first-order valence-electron chi connectivity index (χ1n) is 9.09. The zero-order valence-corrected chi connectivity index (χ0v) is 17.3. The van der Waals surface area contributed by atoms with Gasteiger partial charge in [0.25, 0.3) is 10.0 Å². The molecule has 0 spiro atoms. The van der Waals surface area contributed by atoms with Gasteiger partial charge in [-0.25, -0.2) is 12.8 Å². The molecule has 0 aliphatic carbocycles. The van der Waals surface area contributed by atoms with Crippen LogP contribution in [0, 0.1) is 12.7 Å². The Balaban J connectivity index is 1.94. The van der Waals surface area contributed by atoms with E-state index in [2.05, 4.69) is 5.32 Å². The van der Waals surface area contributed by atoms with Crippen LogP contribution in [0.2, 0.25) is 0 Å². The predicted molar refractivity (Wildman–Crippen MR) is 114 cm³/mol. The molecule has 0 atom stereocenters. The molecule has 30 heavy (non-hydrogen) atoms. The van der Waals surface area contributed by atoms with Gasteiger partial charge in [-0.15, -0.1) is 0 Å². The number of ether oxygens (including phenoxy) is 1. The Morgan fingerprint density at radius 3 is 2.27 bits per heavy atom. The van der Waals surface area contributed by atoms with Crippen LogP contribution in [-0.2, 0) is 14.8 Å². The average molecular weight is 428 g/mol. The number of aryl methyl sites for hydroxylation is 1. The molecular formula is C22H21FN2O4S. The monoisotopic (exact) mass is 428 g/mol. The average Bonchev–Trinajstić information content (AvgIpc) is 2.73. The number of para-hydroxylation sites is 2. The van der Waals surface area contributed by atoms with E-state index in [9.17, 15) is 17.6 Å². The fourth-order valence-corrected chi connectivity index (χ4v) is 4.25. The molecule has 0 radical (unpaired) electrons. The maximum absolute atomic E-state index is 13.4. The van der Waals surface area contributed by atoms with E-state index >= 15 is 0 Å². The molecule has 8 heteroatoms. The zero-order valence-electron chi connectivity index (χ0n) is 16.5. The first-order chi connectivity index (χ1) is 14.3. The number of carbonyl (C=O) groups is 1. The van der Waals surface area contributed by atoms with Gasteiger partial charge in [-0.05, 0) is 55.5 Å². The van der Waals surface area contributed by atoms with E-state index < -0.39 is 28.3 Å². The normalized spacial score (nSPS) is 11.0. The minimum atomic E-state index is -4.07. The standard InChI is InChI=1S/C22H21FN2O4S/c1-16-7-13-19(14-8-16)30(27,28)25(18-11-9-17(23)10-12-18)15-22(26)24-20-5-3-4-6-21(20)29-2/h3-14H,15H2,1-2H3,(H,24,26). The molecule has 3 rings (SSSR count). The summed E-state index contributed by atoms with van der Waals surface area (Å²) < 4.78 is 46.1. The highest BCUT2D eigenvalue weighted by Crippen LogP contribution is 2.26. The van der Waals surface area contributed by atoms with Crippen molar-refractivity contribution < 1.29 is 22.3 Å². The summed E-state index contributed by atoms with van der Waals surface area (Å²) in [5.74, 6) is -0.634. The summed E-state index contributed by atoms with van der Waals surface area (Å²) in [7, 11) is -2.60. The van der Waals surface area contributed by atoms with Crippen molar-refractivity contribution in [2.75, 3.05) is 23.3 Å². The van der Waals surface area contributed by atoms with Gasteiger partial charge in [-0.1, -0.05) is 29.8 Å². The van der Waals surface area contributed by atoms with E-state index in [4.69, 9.17) is 4.74 Å². The summed E-state index contributed by atoms with van der Waals surface area (Å²) in [6, 6.07) is 18.0. The molecule has 6 nitrogen and oxygen atoms in total. The van der Waals surface area contributed by atoms with Gasteiger partial charge < -0.3 is 10.1 Å². The second kappa shape index (κ2) is 8.96. The van der Waals surface area contributed by atoms with E-state index in [0.29, 0.717) is 11.4 Å². The van der Waals surface area contributed by atoms with E-state index in [1.807, 2.05) is 6.92 Å². The summed E-state index contributed by atoms with van der Waals surface area (Å²) in [6.45, 7) is 1.34. The Morgan fingerprint density at radius 2 is 1.63 bits per heavy atom. The number of carbonyl (C=O) groups excluding carboxylic acids is 1. The molecule has 0 aliphatic rings. The highest BCUT2D eigenvalue weighted by Gasteiger charge is 2.27. The molecule has 0 fully saturated rings. The summed E-state index contributed by atoms with van der Waals surface area (Å²) in [6.07, 6.45) is 0. The van der Waals surface area contributed by atoms with Gasteiger partial charge in [0.2, 0.25) is 5.91 Å². The second-order valence-electron chi connectivity index (χ2n) is 6.55. The Kier molecular flexibility index (Phi) is 6.37. The van der Waals surface area contributed by atoms with Crippen molar-refractivity contribution in [2.24, 2.45) is 0 Å². The molecule has 156 valence electrons. The van der Waals surface area contributed by atoms with Gasteiger partial charge in [0.15, 0.2) is 0 Å². The van der Waals surface area contributed by atoms with Gasteiger partial charge in [-0.2, -0.15) is 0 Å². The Bertz CT molecular complexity index is 1130. The number of methoxy groups -OCH3 is 1. The van der Waals surface area contributed by atoms with Crippen LogP contribution in [0.1, 0.15) is 5.56 Å². The molecule has 1 N–H and O–H groups in total. The highest BCUT2D eigenvalue weighted by molar-refractivity contribution is 7.92. The fraction of sp³-hybridized carbons (Fsp3) is 0.136. The first kappa shape index (κ1) is 21.3. The lowest BCUT2D eigenvalue weighted by Gasteiger charge is -2.24. The number of nitrogens with one attached hydrogen (secondary N) is 1. The van der Waals surface area contributed by atoms with Gasteiger partial charge >= 0.3 is 0 Å². The van der Waals surface area contributed by atoms with Crippen molar-refractivity contribution in [3.8, 4) is 5.75 Å². The van der Waals surface area contributed by atoms with Crippen molar-refractivity contribution in [1.29, 1.82) is 0 Å². The Labute approximate surface area is 175 Å². The summed E-state index contributed by atoms with van der Waals surface area (Å²) in [5, 5.41) is 2.66. The van der Waals surface area contributed by atoms with Crippen LogP contribution < -0.4 is 14.4 Å². The molecule has 3 aromatic rings. The minimum absolute atomic E-state index is 0.0301. The number of rotatable bonds is 7. The van der Waals surface area contributed by atoms with E-state index in [1.165, 1.54) is 31.4 Å². The Morgan fingerprint density at radius 1 is 1.00 bits per heavy atom. The van der Waals surface area contributed by atoms with Crippen LogP contribution in [-0.4, -0.2) is 28.0 Å². The number of benzene rings is 3. The number of hydrogen-bond acceptors (Lipinski definition) is 4. The van der Waals surface area contributed by atoms with E-state index in [-0.39, 0.29) is 10.6 Å². The van der Waals surface area contributed by atoms with Crippen molar-refractivity contribution >= 4 is 27.3 Å². The summed E-state index contributed by atoms with van der Waals surface area (Å²) in [5.41, 5.74) is 1.49. The number of halogens is 1. The van der Waals surface area contributed by atoms with Gasteiger partial charge in [-0.3, -0.25) is 9.10 Å². The summed E-state index contributed by atoms with van der Waals surface area (Å²) in [4.78, 5) is 12.7. The molecule has 0 saturated carbocycles. The third kappa shape index (κ3) is 4.77. The van der Waals surface area contributed by atoms with Crippen LogP contribution >= 0.6 is 0 Å². The molecule has 3 aromatic carbocycles. The highest BCUT2D eigenvalue weighted by atomic mass is 32.2. The maximum atomic E-state index is 13.4. The third-order valence-corrected chi connectivity index (χ3v) is 6.18. The SMILES string of the molecule is COc1ccccc1NC(=O)CN(c1ccc(F)cc1)S(=O)(=O)c1ccc(C)cc1. The van der Waals surface area contributed by atoms with Crippen molar-refractivity contribution in [3.05, 3.63) is 84.2 Å². The van der Waals surface area contributed by atoms with Crippen LogP contribution in [0.25, 0.3) is 0 Å². The lowest BCUT2D eigenvalue weighted by molar-refractivity contribution is -0.114. The number of nitrogens with zero attached hydrogens (tertiary/aromatic N) is 1. The molecule has 0 bridgehead atoms. The van der Waals surface area contributed by atoms with Gasteiger partial charge in [0.1, 0.15) is 18.1 Å². The topological polar surface area (TPSA) is 75.7 Å². The van der Waals surface area contributed by atoms with E-state index in [0.717, 1.165) is 22.0 Å². The number of amides is 1. The number of anilines is 2. The molecule has 0 unspecified atom stereocenters. The van der Waals surface area contributed by atoms with E-state index in [1.54, 1.807) is 36.4 Å². The largest absolute Gasteiger partial charge is 0.495 e. The maximum Gasteiger partial charge on any atom is 0.264 e. The molecule has 1 amide bonds. The Hall–Kier alpha value is -3.39. The fourth-order valence-electron chi connectivity index (χ4n) is 2.83. The minimum Gasteiger partial charge on any atom is -0.495 e. The lowest BCUT2D eigenvalue weighted by Crippen LogP contribution is -2.38. The third-order valence-electron chi connectivity index (χ3n) is 4.39. The summed E-state index contributed by atoms with van der Waals surface area (Å²) >= 11 is 0. The van der Waals surface area contributed by atoms with Crippen LogP contribution in [0.4, 0.5) is 15.8 Å². The smallest absolute Gasteiger partial charge is 0.264 e. The second-order valence-corrected chi connectivity index (χ2v) is 8.41. The van der Waals surface area contributed by atoms with Gasteiger partial charge in [0, 0.05) is 0 Å². The van der Waals surface area contributed by atoms with Crippen LogP contribution in [0.15, 0.2) is 77.7 Å². The van der Waals surface area contributed by atoms with Crippen molar-refractivity contribution in [3.63, 3.8) is 0 Å². The van der Waals surface area contributed by atoms with Gasteiger partial charge in [0.05, 0.1) is 23.4 Å². The van der Waals surface area contributed by atoms with Crippen molar-refractivity contribution in [1.82, 2.24) is 0 Å². The molecule has 0 aromatic heterocycles. The number of sulfonamides is 1. The molecular weight excluding hydrogens is 407 g/mol. The molecule has 0 aliphatic heterocycles. The van der Waals surface area contributed by atoms with Crippen LogP contribution in [0.5, 0.6) is 5.75 Å². The predicted octanol–water partition coefficient (Wildman–Crippen LogP) is 3.98. The van der Waals surface area contributed by atoms with Crippen molar-refractivity contribution in [2.45, 2.75) is 11.8 Å². The molecule has 0 saturated heterocycles. The van der Waals surface area contributed by atoms with Crippen LogP contribution in [0.3, 0.4) is 0 Å². The first-order valence-corrected chi connectivity index (χ1v) is 10.5. The molecule has 0 heterocycles. The lowest BCUT2D eigenvalue weighted by atomic mass is 10.2. The quantitative estimate of drug-likeness (QED) is 0.618.